The molecule has 64 heavy (non-hydrogen) atoms. The fraction of sp³-hybridized carbons (Fsp3) is 0.431. The van der Waals surface area contributed by atoms with Gasteiger partial charge in [0.15, 0.2) is 0 Å². The molecule has 3 aliphatic rings. The number of carbonyl (C=O) groups excluding carboxylic acids is 3. The molecule has 0 unspecified atom stereocenters. The zero-order valence-corrected chi connectivity index (χ0v) is 37.2. The first-order chi connectivity index (χ1) is 31.4. The lowest BCUT2D eigenvalue weighted by molar-refractivity contribution is -0.144. The van der Waals surface area contributed by atoms with Crippen molar-refractivity contribution in [2.75, 3.05) is 13.6 Å². The summed E-state index contributed by atoms with van der Waals surface area (Å²) in [4.78, 5) is 48.8. The summed E-state index contributed by atoms with van der Waals surface area (Å²) in [5, 5.41) is 22.4. The van der Waals surface area contributed by atoms with E-state index in [2.05, 4.69) is 108 Å². The van der Waals surface area contributed by atoms with Crippen LogP contribution in [-0.2, 0) is 53.2 Å². The summed E-state index contributed by atoms with van der Waals surface area (Å²) in [6, 6.07) is 25.9. The molecule has 336 valence electrons. The number of likely N-dealkylation sites (N-methyl/N-ethyl adjacent to an activating group) is 1. The van der Waals surface area contributed by atoms with E-state index in [9.17, 15) is 14.4 Å². The zero-order chi connectivity index (χ0) is 44.1. The standard InChI is InChI=1S/C51H64N10O3/c1-52-47(32-40-33-54-45-19-8-6-18-44(40)45)49(62)56-46-20-7-5-17-43-25-26-48(61(43)51(46)64)50(63)55-34-42-36-60(58-57-42)29-12-10-14-38-23-21-37(22-24-38)13-9-11-28-59-30-27-53-41(35-59)31-39-15-3-2-4-16-39/h2-4,6,8,15-16,18-19,21-24,27,30,33,35-36,43,46-48,52-54H,5,7,9-14,17,20,25-26,28-29,31-32,34H2,1H3,(H,55,63)(H,56,62)/t43-,46-,47-,48-/m0/s1. The van der Waals surface area contributed by atoms with Crippen molar-refractivity contribution in [2.24, 2.45) is 0 Å². The van der Waals surface area contributed by atoms with Gasteiger partial charge in [-0.2, -0.15) is 0 Å². The fourth-order valence-corrected chi connectivity index (χ4v) is 9.54. The van der Waals surface area contributed by atoms with Crippen molar-refractivity contribution in [3.8, 4) is 0 Å². The molecule has 8 rings (SSSR count). The van der Waals surface area contributed by atoms with Crippen LogP contribution in [0.15, 0.2) is 116 Å². The topological polar surface area (TPSA) is 152 Å². The summed E-state index contributed by atoms with van der Waals surface area (Å²) in [7, 11) is 1.77. The molecule has 5 N–H and O–H groups in total. The molecule has 0 spiro atoms. The maximum absolute atomic E-state index is 14.2. The second-order valence-electron chi connectivity index (χ2n) is 17.7. The van der Waals surface area contributed by atoms with E-state index >= 15 is 0 Å². The molecule has 13 nitrogen and oxygen atoms in total. The molecule has 0 radical (unpaired) electrons. The van der Waals surface area contributed by atoms with E-state index in [-0.39, 0.29) is 30.3 Å². The van der Waals surface area contributed by atoms with Gasteiger partial charge in [-0.25, -0.2) is 0 Å². The van der Waals surface area contributed by atoms with Gasteiger partial charge in [-0.1, -0.05) is 90.9 Å². The third kappa shape index (κ3) is 11.7. The van der Waals surface area contributed by atoms with Crippen LogP contribution < -0.4 is 21.3 Å². The molecule has 2 aromatic heterocycles. The number of allylic oxidation sites excluding steroid dienone is 1. The minimum absolute atomic E-state index is 0.0122. The first kappa shape index (κ1) is 44.4. The van der Waals surface area contributed by atoms with Crippen LogP contribution in [0.25, 0.3) is 10.9 Å². The molecular weight excluding hydrogens is 801 g/mol. The lowest BCUT2D eigenvalue weighted by atomic mass is 9.98. The predicted molar refractivity (Wildman–Crippen MR) is 250 cm³/mol. The molecule has 2 saturated heterocycles. The monoisotopic (exact) mass is 865 g/mol. The van der Waals surface area contributed by atoms with Crippen molar-refractivity contribution in [1.82, 2.24) is 51.0 Å². The van der Waals surface area contributed by atoms with Gasteiger partial charge < -0.3 is 36.1 Å². The number of hydrogen-bond acceptors (Lipinski definition) is 8. The normalized spacial score (nSPS) is 19.1. The van der Waals surface area contributed by atoms with E-state index < -0.39 is 18.1 Å². The molecular formula is C51H64N10O3. The Morgan fingerprint density at radius 3 is 2.39 bits per heavy atom. The number of rotatable bonds is 20. The molecule has 4 atom stereocenters. The third-order valence-electron chi connectivity index (χ3n) is 13.1. The van der Waals surface area contributed by atoms with Gasteiger partial charge in [0, 0.05) is 66.9 Å². The number of para-hydroxylation sites is 1. The number of unbranched alkanes of at least 4 members (excludes halogenated alkanes) is 2. The van der Waals surface area contributed by atoms with Crippen molar-refractivity contribution in [1.29, 1.82) is 0 Å². The Bertz CT molecular complexity index is 2370. The van der Waals surface area contributed by atoms with Crippen LogP contribution in [0.3, 0.4) is 0 Å². The zero-order valence-electron chi connectivity index (χ0n) is 37.2. The van der Waals surface area contributed by atoms with E-state index in [1.807, 2.05) is 47.5 Å². The number of hydrogen-bond donors (Lipinski definition) is 5. The number of nitrogens with zero attached hydrogens (tertiary/aromatic N) is 5. The number of amides is 3. The Labute approximate surface area is 377 Å². The number of carbonyl (C=O) groups is 3. The highest BCUT2D eigenvalue weighted by atomic mass is 16.2. The van der Waals surface area contributed by atoms with E-state index in [4.69, 9.17) is 0 Å². The number of fused-ring (bicyclic) bond motifs is 2. The molecule has 5 aromatic rings. The summed E-state index contributed by atoms with van der Waals surface area (Å²) < 4.78 is 1.85. The molecule has 0 aliphatic carbocycles. The lowest BCUT2D eigenvalue weighted by Crippen LogP contribution is -2.58. The average Bonchev–Trinajstić information content (AvgIpc) is 4.07. The molecule has 3 aromatic carbocycles. The molecule has 0 saturated carbocycles. The largest absolute Gasteiger partial charge is 0.362 e. The van der Waals surface area contributed by atoms with Crippen LogP contribution in [-0.4, -0.2) is 85.3 Å². The van der Waals surface area contributed by atoms with Gasteiger partial charge >= 0.3 is 0 Å². The van der Waals surface area contributed by atoms with Gasteiger partial charge in [0.25, 0.3) is 0 Å². The van der Waals surface area contributed by atoms with Crippen LogP contribution in [0.1, 0.15) is 92.2 Å². The summed E-state index contributed by atoms with van der Waals surface area (Å²) >= 11 is 0. The second kappa shape index (κ2) is 21.9. The fourth-order valence-electron chi connectivity index (χ4n) is 9.54. The van der Waals surface area contributed by atoms with Crippen LogP contribution in [0.4, 0.5) is 0 Å². The Morgan fingerprint density at radius 1 is 0.844 bits per heavy atom. The molecule has 3 amide bonds. The quantitative estimate of drug-likeness (QED) is 0.0562. The van der Waals surface area contributed by atoms with Crippen LogP contribution >= 0.6 is 0 Å². The summed E-state index contributed by atoms with van der Waals surface area (Å²) in [5.74, 6) is -0.567. The van der Waals surface area contributed by atoms with Gasteiger partial charge in [0.05, 0.1) is 18.8 Å². The Kier molecular flexibility index (Phi) is 15.2. The minimum Gasteiger partial charge on any atom is -0.362 e. The van der Waals surface area contributed by atoms with Crippen molar-refractivity contribution < 1.29 is 14.4 Å². The number of aromatic nitrogens is 4. The van der Waals surface area contributed by atoms with Gasteiger partial charge in [-0.05, 0) is 106 Å². The second-order valence-corrected chi connectivity index (χ2v) is 17.7. The van der Waals surface area contributed by atoms with E-state index in [0.717, 1.165) is 100 Å². The highest BCUT2D eigenvalue weighted by molar-refractivity contribution is 5.94. The Morgan fingerprint density at radius 2 is 1.59 bits per heavy atom. The smallest absolute Gasteiger partial charge is 0.246 e. The van der Waals surface area contributed by atoms with Gasteiger partial charge in [0.2, 0.25) is 17.7 Å². The van der Waals surface area contributed by atoms with Crippen molar-refractivity contribution in [3.63, 3.8) is 0 Å². The number of aromatic amines is 1. The third-order valence-corrected chi connectivity index (χ3v) is 13.1. The maximum Gasteiger partial charge on any atom is 0.246 e. The Hall–Kier alpha value is -6.21. The predicted octanol–water partition coefficient (Wildman–Crippen LogP) is 6.43. The molecule has 0 bridgehead atoms. The highest BCUT2D eigenvalue weighted by Crippen LogP contribution is 2.32. The maximum atomic E-state index is 14.2. The number of aryl methyl sites for hydroxylation is 3. The average molecular weight is 865 g/mol. The van der Waals surface area contributed by atoms with Crippen molar-refractivity contribution in [2.45, 2.75) is 127 Å². The number of nitrogens with one attached hydrogen (secondary N) is 5. The first-order valence-corrected chi connectivity index (χ1v) is 23.4. The lowest BCUT2D eigenvalue weighted by Gasteiger charge is -2.35. The van der Waals surface area contributed by atoms with E-state index in [1.165, 1.54) is 22.4 Å². The van der Waals surface area contributed by atoms with Gasteiger partial charge in [0.1, 0.15) is 17.8 Å². The van der Waals surface area contributed by atoms with Crippen LogP contribution in [0.5, 0.6) is 0 Å². The molecule has 5 heterocycles. The van der Waals surface area contributed by atoms with E-state index in [0.29, 0.717) is 25.0 Å². The van der Waals surface area contributed by atoms with Crippen LogP contribution in [0.2, 0.25) is 0 Å². The molecule has 3 aliphatic heterocycles. The SMILES string of the molecule is CN[C@@H](Cc1c[nH]c2ccccc12)C(=O)N[C@H]1CCCC[C@H]2CC[C@@H](C(=O)NCc3cn(CCCCc4ccc(CCCCN5C=CNC(Cc6ccccc6)=C5)cc4)nn3)N2C1=O. The van der Waals surface area contributed by atoms with Crippen molar-refractivity contribution in [3.05, 3.63) is 144 Å². The molecule has 2 fully saturated rings. The van der Waals surface area contributed by atoms with Crippen molar-refractivity contribution >= 4 is 28.6 Å². The Balaban J connectivity index is 0.737. The van der Waals surface area contributed by atoms with E-state index in [1.54, 1.807) is 11.9 Å². The summed E-state index contributed by atoms with van der Waals surface area (Å²) in [6.45, 7) is 2.00. The molecule has 13 heteroatoms. The summed E-state index contributed by atoms with van der Waals surface area (Å²) in [6.07, 6.45) is 22.6. The number of H-pyrrole nitrogens is 1. The minimum atomic E-state index is -0.680. The summed E-state index contributed by atoms with van der Waals surface area (Å²) in [5.41, 5.74) is 8.00. The highest BCUT2D eigenvalue weighted by Gasteiger charge is 2.44. The first-order valence-electron chi connectivity index (χ1n) is 23.4. The van der Waals surface area contributed by atoms with Gasteiger partial charge in [-0.15, -0.1) is 5.10 Å². The van der Waals surface area contributed by atoms with Crippen LogP contribution in [0, 0.1) is 0 Å². The number of benzene rings is 3. The van der Waals surface area contributed by atoms with Gasteiger partial charge in [-0.3, -0.25) is 19.1 Å².